The maximum Gasteiger partial charge on any atom is 0.335 e. The molecule has 1 saturated heterocycles. The third kappa shape index (κ3) is 6.34. The summed E-state index contributed by atoms with van der Waals surface area (Å²) in [6.07, 6.45) is 3.95. The minimum Gasteiger partial charge on any atom is -0.457 e. The molecule has 5 rings (SSSR count). The number of amides is 1. The Labute approximate surface area is 255 Å². The molecule has 0 unspecified atom stereocenters. The lowest BCUT2D eigenvalue weighted by molar-refractivity contribution is -0.125. The molecule has 3 N–H and O–H groups in total. The molecule has 12 nitrogen and oxygen atoms in total. The lowest BCUT2D eigenvalue weighted by Gasteiger charge is -2.40. The number of carbonyl (C=O) groups is 1. The van der Waals surface area contributed by atoms with Crippen molar-refractivity contribution in [2.45, 2.75) is 44.9 Å². The Kier molecular flexibility index (Phi) is 8.80. The summed E-state index contributed by atoms with van der Waals surface area (Å²) < 4.78 is 8.77. The number of carbonyl (C=O) groups excluding carboxylic acids is 1. The summed E-state index contributed by atoms with van der Waals surface area (Å²) in [5.74, 6) is 0.984. The molecule has 0 aliphatic carbocycles. The molecular formula is C32H36N8O4. The Balaban J connectivity index is 1.36. The molecule has 0 bridgehead atoms. The standard InChI is InChI=1S/C32H36N8O4/c1-32(2,38-15-13-24(41)14-16-38)19-22(20-33)30(42)37(3)17-18-39-29-27(28(34)35-21-36-29)40(31(39)43)23-9-11-26(12-10-23)44-25-7-5-4-6-8-25/h4-12,19,21,24,41H,13-18H2,1-3H3,(H2,34,35,36)/b22-19+. The fourth-order valence-electron chi connectivity index (χ4n) is 5.42. The second-order valence-corrected chi connectivity index (χ2v) is 11.4. The monoisotopic (exact) mass is 596 g/mol. The number of piperidine rings is 1. The van der Waals surface area contributed by atoms with E-state index in [9.17, 15) is 20.0 Å². The number of nitrogen functional groups attached to an aromatic ring is 1. The van der Waals surface area contributed by atoms with E-state index in [1.54, 1.807) is 37.4 Å². The third-order valence-electron chi connectivity index (χ3n) is 7.94. The van der Waals surface area contributed by atoms with Crippen LogP contribution < -0.4 is 16.2 Å². The number of likely N-dealkylation sites (tertiary alicyclic amines) is 1. The highest BCUT2D eigenvalue weighted by atomic mass is 16.5. The summed E-state index contributed by atoms with van der Waals surface area (Å²) in [7, 11) is 1.59. The van der Waals surface area contributed by atoms with Gasteiger partial charge in [-0.2, -0.15) is 5.26 Å². The van der Waals surface area contributed by atoms with E-state index in [0.29, 0.717) is 54.3 Å². The van der Waals surface area contributed by atoms with Gasteiger partial charge in [0.2, 0.25) is 0 Å². The van der Waals surface area contributed by atoms with Gasteiger partial charge in [0.15, 0.2) is 11.5 Å². The summed E-state index contributed by atoms with van der Waals surface area (Å²) in [4.78, 5) is 39.1. The Morgan fingerprint density at radius 2 is 1.80 bits per heavy atom. The van der Waals surface area contributed by atoms with Crippen LogP contribution in [-0.4, -0.2) is 78.2 Å². The lowest BCUT2D eigenvalue weighted by Crippen LogP contribution is -2.48. The SMILES string of the molecule is CN(CCn1c(=O)n(-c2ccc(Oc3ccccc3)cc2)c2c(N)ncnc21)C(=O)/C(C#N)=C/C(C)(C)N1CCC(O)CC1. The second kappa shape index (κ2) is 12.7. The molecule has 2 aromatic heterocycles. The van der Waals surface area contributed by atoms with Gasteiger partial charge in [0.1, 0.15) is 35.0 Å². The fourth-order valence-corrected chi connectivity index (χ4v) is 5.42. The lowest BCUT2D eigenvalue weighted by atomic mass is 9.95. The van der Waals surface area contributed by atoms with Crippen LogP contribution in [0.25, 0.3) is 16.9 Å². The van der Waals surface area contributed by atoms with E-state index in [1.165, 1.54) is 20.4 Å². The summed E-state index contributed by atoms with van der Waals surface area (Å²) in [6, 6.07) is 18.4. The van der Waals surface area contributed by atoms with Gasteiger partial charge in [0.05, 0.1) is 11.8 Å². The maximum atomic E-state index is 13.8. The van der Waals surface area contributed by atoms with Gasteiger partial charge in [0, 0.05) is 38.8 Å². The first-order valence-corrected chi connectivity index (χ1v) is 14.5. The zero-order chi connectivity index (χ0) is 31.4. The van der Waals surface area contributed by atoms with E-state index in [4.69, 9.17) is 10.5 Å². The van der Waals surface area contributed by atoms with Crippen LogP contribution in [0, 0.1) is 11.3 Å². The van der Waals surface area contributed by atoms with Gasteiger partial charge in [-0.3, -0.25) is 18.8 Å². The largest absolute Gasteiger partial charge is 0.457 e. The first-order chi connectivity index (χ1) is 21.1. The Morgan fingerprint density at radius 1 is 1.14 bits per heavy atom. The average Bonchev–Trinajstić information content (AvgIpc) is 3.31. The number of likely N-dealkylation sites (N-methyl/N-ethyl adjacent to an activating group) is 1. The minimum absolute atomic E-state index is 0.0165. The number of aliphatic hydroxyl groups is 1. The number of fused-ring (bicyclic) bond motifs is 1. The van der Waals surface area contributed by atoms with Crippen LogP contribution in [0.5, 0.6) is 11.5 Å². The molecule has 2 aromatic carbocycles. The first-order valence-electron chi connectivity index (χ1n) is 14.5. The van der Waals surface area contributed by atoms with Crippen molar-refractivity contribution in [2.24, 2.45) is 0 Å². The molecule has 1 amide bonds. The van der Waals surface area contributed by atoms with Crippen LogP contribution in [-0.2, 0) is 11.3 Å². The quantitative estimate of drug-likeness (QED) is 0.219. The Morgan fingerprint density at radius 3 is 2.45 bits per heavy atom. The number of benzene rings is 2. The van der Waals surface area contributed by atoms with Crippen molar-refractivity contribution >= 4 is 22.9 Å². The number of anilines is 1. The van der Waals surface area contributed by atoms with Crippen molar-refractivity contribution in [1.29, 1.82) is 5.26 Å². The van der Waals surface area contributed by atoms with Crippen LogP contribution in [0.2, 0.25) is 0 Å². The molecule has 1 fully saturated rings. The molecule has 0 radical (unpaired) electrons. The number of imidazole rings is 1. The van der Waals surface area contributed by atoms with Crippen molar-refractivity contribution in [3.63, 3.8) is 0 Å². The van der Waals surface area contributed by atoms with Gasteiger partial charge in [-0.05, 0) is 69.2 Å². The van der Waals surface area contributed by atoms with Gasteiger partial charge in [-0.1, -0.05) is 18.2 Å². The zero-order valence-electron chi connectivity index (χ0n) is 25.1. The van der Waals surface area contributed by atoms with Gasteiger partial charge < -0.3 is 20.5 Å². The number of hydrogen-bond donors (Lipinski definition) is 2. The van der Waals surface area contributed by atoms with E-state index in [0.717, 1.165) is 0 Å². The Bertz CT molecular complexity index is 1760. The average molecular weight is 597 g/mol. The number of para-hydroxylation sites is 1. The molecule has 44 heavy (non-hydrogen) atoms. The number of aromatic nitrogens is 4. The first kappa shape index (κ1) is 30.5. The molecule has 1 aliphatic heterocycles. The normalized spacial score (nSPS) is 14.8. The molecule has 0 saturated carbocycles. The molecule has 4 aromatic rings. The summed E-state index contributed by atoms with van der Waals surface area (Å²) in [6.45, 7) is 5.51. The smallest absolute Gasteiger partial charge is 0.335 e. The van der Waals surface area contributed by atoms with Crippen LogP contribution >= 0.6 is 0 Å². The topological polar surface area (TPSA) is 156 Å². The zero-order valence-corrected chi connectivity index (χ0v) is 25.1. The number of aliphatic hydroxyl groups excluding tert-OH is 1. The predicted molar refractivity (Wildman–Crippen MR) is 166 cm³/mol. The third-order valence-corrected chi connectivity index (χ3v) is 7.94. The summed E-state index contributed by atoms with van der Waals surface area (Å²) in [5.41, 5.74) is 6.53. The van der Waals surface area contributed by atoms with Crippen molar-refractivity contribution in [3.8, 4) is 23.3 Å². The van der Waals surface area contributed by atoms with Crippen molar-refractivity contribution in [1.82, 2.24) is 28.9 Å². The van der Waals surface area contributed by atoms with Gasteiger partial charge in [-0.25, -0.2) is 14.8 Å². The minimum atomic E-state index is -0.553. The molecule has 3 heterocycles. The van der Waals surface area contributed by atoms with Crippen molar-refractivity contribution < 1.29 is 14.6 Å². The number of hydrogen-bond acceptors (Lipinski definition) is 9. The predicted octanol–water partition coefficient (Wildman–Crippen LogP) is 3.10. The van der Waals surface area contributed by atoms with E-state index in [-0.39, 0.29) is 30.6 Å². The molecule has 0 spiro atoms. The second-order valence-electron chi connectivity index (χ2n) is 11.4. The van der Waals surface area contributed by atoms with Gasteiger partial charge in [-0.15, -0.1) is 0 Å². The number of rotatable bonds is 9. The highest BCUT2D eigenvalue weighted by Gasteiger charge is 2.30. The van der Waals surface area contributed by atoms with Crippen LogP contribution in [0.15, 0.2) is 77.4 Å². The highest BCUT2D eigenvalue weighted by Crippen LogP contribution is 2.26. The molecule has 0 atom stereocenters. The van der Waals surface area contributed by atoms with Crippen molar-refractivity contribution in [3.05, 3.63) is 83.1 Å². The van der Waals surface area contributed by atoms with E-state index in [2.05, 4.69) is 20.9 Å². The maximum absolute atomic E-state index is 13.8. The number of ether oxygens (including phenoxy) is 1. The fraction of sp³-hybridized carbons (Fsp3) is 0.344. The highest BCUT2D eigenvalue weighted by molar-refractivity contribution is 5.97. The molecular weight excluding hydrogens is 560 g/mol. The van der Waals surface area contributed by atoms with Crippen molar-refractivity contribution in [2.75, 3.05) is 32.4 Å². The Hall–Kier alpha value is -4.99. The molecule has 12 heteroatoms. The van der Waals surface area contributed by atoms with Gasteiger partial charge in [0.25, 0.3) is 5.91 Å². The number of nitrogens with two attached hydrogens (primary N) is 1. The summed E-state index contributed by atoms with van der Waals surface area (Å²) >= 11 is 0. The van der Waals surface area contributed by atoms with E-state index in [1.807, 2.05) is 44.2 Å². The molecule has 228 valence electrons. The molecule has 1 aliphatic rings. The van der Waals surface area contributed by atoms with Crippen LogP contribution in [0.3, 0.4) is 0 Å². The summed E-state index contributed by atoms with van der Waals surface area (Å²) in [5, 5.41) is 19.7. The van der Waals surface area contributed by atoms with Gasteiger partial charge >= 0.3 is 5.69 Å². The number of nitrogens with zero attached hydrogens (tertiary/aromatic N) is 7. The van der Waals surface area contributed by atoms with E-state index < -0.39 is 17.1 Å². The van der Waals surface area contributed by atoms with Crippen LogP contribution in [0.1, 0.15) is 26.7 Å². The van der Waals surface area contributed by atoms with E-state index >= 15 is 0 Å². The number of nitriles is 1. The van der Waals surface area contributed by atoms with Crippen LogP contribution in [0.4, 0.5) is 5.82 Å².